The molecule has 1 aromatic rings. The van der Waals surface area contributed by atoms with Gasteiger partial charge in [0.1, 0.15) is 0 Å². The summed E-state index contributed by atoms with van der Waals surface area (Å²) in [6, 6.07) is 7.57. The Bertz CT molecular complexity index is 465. The molecule has 1 fully saturated rings. The summed E-state index contributed by atoms with van der Waals surface area (Å²) in [7, 11) is 0. The average Bonchev–Trinajstić information content (AvgIpc) is 2.37. The highest BCUT2D eigenvalue weighted by Crippen LogP contribution is 2.21. The van der Waals surface area contributed by atoms with Gasteiger partial charge in [0.15, 0.2) is 0 Å². The Morgan fingerprint density at radius 2 is 2.17 bits per heavy atom. The number of nitrogens with zero attached hydrogens (tertiary/aromatic N) is 1. The van der Waals surface area contributed by atoms with Crippen LogP contribution in [0.1, 0.15) is 48.5 Å². The third kappa shape index (κ3) is 3.19. The van der Waals surface area contributed by atoms with Crippen molar-refractivity contribution in [3.05, 3.63) is 35.4 Å². The molecule has 0 radical (unpaired) electrons. The first-order valence-corrected chi connectivity index (χ1v) is 6.58. The molecule has 0 saturated heterocycles. The molecule has 3 nitrogen and oxygen atoms in total. The van der Waals surface area contributed by atoms with Gasteiger partial charge >= 0.3 is 0 Å². The summed E-state index contributed by atoms with van der Waals surface area (Å²) < 4.78 is 0. The van der Waals surface area contributed by atoms with Crippen LogP contribution in [0.3, 0.4) is 0 Å². The number of hydrogen-bond acceptors (Lipinski definition) is 2. The number of carbonyl (C=O) groups is 1. The van der Waals surface area contributed by atoms with Crippen LogP contribution in [0.5, 0.6) is 0 Å². The van der Waals surface area contributed by atoms with Crippen molar-refractivity contribution < 1.29 is 4.79 Å². The Morgan fingerprint density at radius 1 is 1.39 bits per heavy atom. The predicted molar refractivity (Wildman–Crippen MR) is 73.7 cm³/mol. The molecule has 0 aromatic heterocycles. The fourth-order valence-corrected chi connectivity index (χ4v) is 2.38. The number of benzene rings is 1. The van der Waals surface area contributed by atoms with E-state index in [9.17, 15) is 4.79 Å². The zero-order valence-corrected chi connectivity index (χ0v) is 11.1. The summed E-state index contributed by atoms with van der Waals surface area (Å²) in [5.74, 6) is 0.576. The fourth-order valence-electron chi connectivity index (χ4n) is 2.38. The minimum atomic E-state index is -0.112. The second-order valence-corrected chi connectivity index (χ2v) is 5.14. The van der Waals surface area contributed by atoms with E-state index in [0.717, 1.165) is 24.1 Å². The second-order valence-electron chi connectivity index (χ2n) is 5.14. The molecule has 0 heterocycles. The number of rotatable bonds is 2. The largest absolute Gasteiger partial charge is 0.271 e. The molecule has 1 aliphatic rings. The van der Waals surface area contributed by atoms with Crippen molar-refractivity contribution in [2.45, 2.75) is 39.5 Å². The standard InChI is InChI=1S/C15H20N2O/c1-11-6-5-8-13(10-11)16-17-15(18)14-9-4-3-7-12(14)2/h3-4,7,9,11H,5-6,8,10H2,1-2H3,(H,17,18)/b16-13-. The number of amides is 1. The van der Waals surface area contributed by atoms with Gasteiger partial charge in [-0.2, -0.15) is 5.10 Å². The van der Waals surface area contributed by atoms with Crippen molar-refractivity contribution in [2.24, 2.45) is 11.0 Å². The van der Waals surface area contributed by atoms with Gasteiger partial charge in [-0.15, -0.1) is 0 Å². The number of hydrazone groups is 1. The van der Waals surface area contributed by atoms with Crippen LogP contribution >= 0.6 is 0 Å². The molecule has 0 bridgehead atoms. The summed E-state index contributed by atoms with van der Waals surface area (Å²) in [5.41, 5.74) is 5.48. The highest BCUT2D eigenvalue weighted by Gasteiger charge is 2.14. The smallest absolute Gasteiger partial charge is 0.267 e. The normalized spacial score (nSPS) is 21.9. The van der Waals surface area contributed by atoms with E-state index in [2.05, 4.69) is 17.5 Å². The van der Waals surface area contributed by atoms with E-state index in [0.29, 0.717) is 11.5 Å². The topological polar surface area (TPSA) is 41.5 Å². The summed E-state index contributed by atoms with van der Waals surface area (Å²) >= 11 is 0. The van der Waals surface area contributed by atoms with Crippen LogP contribution in [0.4, 0.5) is 0 Å². The molecule has 0 aliphatic heterocycles. The van der Waals surface area contributed by atoms with Crippen molar-refractivity contribution in [3.8, 4) is 0 Å². The molecule has 0 spiro atoms. The quantitative estimate of drug-likeness (QED) is 0.797. The maximum Gasteiger partial charge on any atom is 0.271 e. The Morgan fingerprint density at radius 3 is 2.89 bits per heavy atom. The van der Waals surface area contributed by atoms with Crippen molar-refractivity contribution in [3.63, 3.8) is 0 Å². The van der Waals surface area contributed by atoms with E-state index in [1.165, 1.54) is 12.8 Å². The molecule has 18 heavy (non-hydrogen) atoms. The molecule has 1 aromatic carbocycles. The fraction of sp³-hybridized carbons (Fsp3) is 0.467. The first kappa shape index (κ1) is 12.8. The summed E-state index contributed by atoms with van der Waals surface area (Å²) in [4.78, 5) is 12.0. The molecule has 3 heteroatoms. The summed E-state index contributed by atoms with van der Waals surface area (Å²) in [5, 5.41) is 4.27. The van der Waals surface area contributed by atoms with Crippen molar-refractivity contribution in [1.29, 1.82) is 0 Å². The highest BCUT2D eigenvalue weighted by molar-refractivity contribution is 5.96. The van der Waals surface area contributed by atoms with Crippen LogP contribution in [0.2, 0.25) is 0 Å². The lowest BCUT2D eigenvalue weighted by Gasteiger charge is -2.19. The van der Waals surface area contributed by atoms with E-state index in [1.807, 2.05) is 31.2 Å². The number of carbonyl (C=O) groups excluding carboxylic acids is 1. The minimum Gasteiger partial charge on any atom is -0.267 e. The first-order valence-electron chi connectivity index (χ1n) is 6.58. The molecule has 2 rings (SSSR count). The van der Waals surface area contributed by atoms with Gasteiger partial charge < -0.3 is 0 Å². The maximum absolute atomic E-state index is 12.0. The Labute approximate surface area is 108 Å². The number of hydrogen-bond donors (Lipinski definition) is 1. The van der Waals surface area contributed by atoms with Gasteiger partial charge in [0, 0.05) is 11.3 Å². The molecule has 1 N–H and O–H groups in total. The van der Waals surface area contributed by atoms with E-state index in [4.69, 9.17) is 0 Å². The maximum atomic E-state index is 12.0. The third-order valence-corrected chi connectivity index (χ3v) is 3.45. The van der Waals surface area contributed by atoms with Gasteiger partial charge in [-0.05, 0) is 50.2 Å². The van der Waals surface area contributed by atoms with Gasteiger partial charge in [-0.25, -0.2) is 5.43 Å². The Balaban J connectivity index is 2.00. The van der Waals surface area contributed by atoms with Crippen molar-refractivity contribution >= 4 is 11.6 Å². The lowest BCUT2D eigenvalue weighted by atomic mass is 9.89. The van der Waals surface area contributed by atoms with Gasteiger partial charge in [0.2, 0.25) is 0 Å². The number of aryl methyl sites for hydroxylation is 1. The van der Waals surface area contributed by atoms with Crippen LogP contribution in [-0.4, -0.2) is 11.6 Å². The van der Waals surface area contributed by atoms with Gasteiger partial charge in [0.25, 0.3) is 5.91 Å². The first-order chi connectivity index (χ1) is 8.66. The molecule has 1 aliphatic carbocycles. The zero-order valence-electron chi connectivity index (χ0n) is 11.1. The Kier molecular flexibility index (Phi) is 4.13. The minimum absolute atomic E-state index is 0.112. The van der Waals surface area contributed by atoms with Crippen molar-refractivity contribution in [2.75, 3.05) is 0 Å². The van der Waals surface area contributed by atoms with Crippen LogP contribution in [-0.2, 0) is 0 Å². The van der Waals surface area contributed by atoms with E-state index in [-0.39, 0.29) is 5.91 Å². The van der Waals surface area contributed by atoms with Crippen LogP contribution in [0.15, 0.2) is 29.4 Å². The van der Waals surface area contributed by atoms with Crippen LogP contribution < -0.4 is 5.43 Å². The molecule has 96 valence electrons. The van der Waals surface area contributed by atoms with E-state index < -0.39 is 0 Å². The number of nitrogens with one attached hydrogen (secondary N) is 1. The van der Waals surface area contributed by atoms with E-state index in [1.54, 1.807) is 0 Å². The molecular weight excluding hydrogens is 224 g/mol. The van der Waals surface area contributed by atoms with E-state index >= 15 is 0 Å². The van der Waals surface area contributed by atoms with Gasteiger partial charge in [-0.3, -0.25) is 4.79 Å². The Hall–Kier alpha value is -1.64. The van der Waals surface area contributed by atoms with Gasteiger partial charge in [-0.1, -0.05) is 25.1 Å². The highest BCUT2D eigenvalue weighted by atomic mass is 16.2. The lowest BCUT2D eigenvalue weighted by Crippen LogP contribution is -2.22. The molecular formula is C15H20N2O. The molecule has 1 amide bonds. The molecule has 1 unspecified atom stereocenters. The zero-order chi connectivity index (χ0) is 13.0. The predicted octanol–water partition coefficient (Wildman–Crippen LogP) is 3.29. The van der Waals surface area contributed by atoms with Gasteiger partial charge in [0.05, 0.1) is 0 Å². The van der Waals surface area contributed by atoms with Crippen LogP contribution in [0, 0.1) is 12.8 Å². The summed E-state index contributed by atoms with van der Waals surface area (Å²) in [6.07, 6.45) is 4.47. The lowest BCUT2D eigenvalue weighted by molar-refractivity contribution is 0.0954. The molecule has 1 saturated carbocycles. The van der Waals surface area contributed by atoms with Crippen molar-refractivity contribution in [1.82, 2.24) is 5.43 Å². The summed E-state index contributed by atoms with van der Waals surface area (Å²) in [6.45, 7) is 4.17. The molecule has 1 atom stereocenters. The second kappa shape index (κ2) is 5.80. The SMILES string of the molecule is Cc1ccccc1C(=O)N/N=C1/CCCC(C)C1. The third-order valence-electron chi connectivity index (χ3n) is 3.45. The monoisotopic (exact) mass is 244 g/mol. The van der Waals surface area contributed by atoms with Crippen LogP contribution in [0.25, 0.3) is 0 Å². The average molecular weight is 244 g/mol.